The number of aromatic nitrogens is 1. The van der Waals surface area contributed by atoms with Crippen molar-refractivity contribution in [2.75, 3.05) is 4.90 Å². The third kappa shape index (κ3) is 3.49. The monoisotopic (exact) mass is 408 g/mol. The molecule has 1 N–H and O–H groups in total. The Kier molecular flexibility index (Phi) is 5.07. The summed E-state index contributed by atoms with van der Waals surface area (Å²) in [7, 11) is 0. The summed E-state index contributed by atoms with van der Waals surface area (Å²) in [5.41, 5.74) is 3.06. The van der Waals surface area contributed by atoms with Crippen molar-refractivity contribution >= 4 is 28.9 Å². The van der Waals surface area contributed by atoms with Crippen LogP contribution in [0, 0.1) is 0 Å². The number of carboxylic acids is 1. The van der Waals surface area contributed by atoms with Gasteiger partial charge in [0.25, 0.3) is 5.91 Å². The average molecular weight is 408 g/mol. The van der Waals surface area contributed by atoms with Gasteiger partial charge in [0.2, 0.25) is 0 Å². The molecule has 3 aromatic rings. The smallest absolute Gasteiger partial charge is 0.326 e. The quantitative estimate of drug-likeness (QED) is 0.674. The fourth-order valence-corrected chi connectivity index (χ4v) is 4.16. The SMILES string of the molecule is CCC1Oc2ccc(-c3csc(-c4ccccc4)n3)cc2N(C(C)C(=O)O)C1=O. The summed E-state index contributed by atoms with van der Waals surface area (Å²) in [5, 5.41) is 12.4. The van der Waals surface area contributed by atoms with Gasteiger partial charge in [-0.25, -0.2) is 9.78 Å². The molecule has 6 nitrogen and oxygen atoms in total. The zero-order valence-electron chi connectivity index (χ0n) is 16.0. The molecule has 0 saturated carbocycles. The van der Waals surface area contributed by atoms with Gasteiger partial charge >= 0.3 is 5.97 Å². The Morgan fingerprint density at radius 3 is 2.69 bits per heavy atom. The van der Waals surface area contributed by atoms with Crippen molar-refractivity contribution in [3.8, 4) is 27.6 Å². The highest BCUT2D eigenvalue weighted by molar-refractivity contribution is 7.13. The molecule has 0 bridgehead atoms. The van der Waals surface area contributed by atoms with Crippen LogP contribution < -0.4 is 9.64 Å². The topological polar surface area (TPSA) is 79.7 Å². The minimum atomic E-state index is -1.06. The highest BCUT2D eigenvalue weighted by atomic mass is 32.1. The number of carbonyl (C=O) groups is 2. The second-order valence-corrected chi connectivity index (χ2v) is 7.68. The molecule has 0 saturated heterocycles. The van der Waals surface area contributed by atoms with Gasteiger partial charge in [0, 0.05) is 16.5 Å². The summed E-state index contributed by atoms with van der Waals surface area (Å²) in [5.74, 6) is -0.895. The van der Waals surface area contributed by atoms with Crippen molar-refractivity contribution in [1.82, 2.24) is 4.98 Å². The maximum absolute atomic E-state index is 12.8. The Bertz CT molecular complexity index is 1060. The average Bonchev–Trinajstić information content (AvgIpc) is 3.23. The van der Waals surface area contributed by atoms with Crippen molar-refractivity contribution in [3.63, 3.8) is 0 Å². The maximum atomic E-state index is 12.8. The minimum absolute atomic E-state index is 0.338. The van der Waals surface area contributed by atoms with Gasteiger partial charge in [0.1, 0.15) is 16.8 Å². The lowest BCUT2D eigenvalue weighted by atomic mass is 10.1. The number of benzene rings is 2. The lowest BCUT2D eigenvalue weighted by Crippen LogP contribution is -2.52. The highest BCUT2D eigenvalue weighted by Gasteiger charge is 2.38. The zero-order valence-corrected chi connectivity index (χ0v) is 16.8. The molecule has 0 fully saturated rings. The summed E-state index contributed by atoms with van der Waals surface area (Å²) >= 11 is 1.53. The van der Waals surface area contributed by atoms with E-state index in [2.05, 4.69) is 0 Å². The number of ether oxygens (including phenoxy) is 1. The van der Waals surface area contributed by atoms with E-state index in [1.54, 1.807) is 12.1 Å². The zero-order chi connectivity index (χ0) is 20.5. The van der Waals surface area contributed by atoms with Crippen LogP contribution in [-0.4, -0.2) is 34.1 Å². The molecule has 2 aromatic carbocycles. The summed E-state index contributed by atoms with van der Waals surface area (Å²) in [6.45, 7) is 3.34. The van der Waals surface area contributed by atoms with Gasteiger partial charge in [-0.1, -0.05) is 37.3 Å². The van der Waals surface area contributed by atoms with Gasteiger partial charge in [-0.3, -0.25) is 9.69 Å². The fourth-order valence-electron chi connectivity index (χ4n) is 3.33. The van der Waals surface area contributed by atoms with E-state index >= 15 is 0 Å². The molecule has 29 heavy (non-hydrogen) atoms. The normalized spacial score (nSPS) is 16.8. The number of anilines is 1. The first kappa shape index (κ1) is 19.1. The predicted molar refractivity (Wildman–Crippen MR) is 112 cm³/mol. The van der Waals surface area contributed by atoms with Crippen LogP contribution in [0.3, 0.4) is 0 Å². The summed E-state index contributed by atoms with van der Waals surface area (Å²) in [6.07, 6.45) is -0.214. The van der Waals surface area contributed by atoms with Crippen molar-refractivity contribution in [2.24, 2.45) is 0 Å². The number of aliphatic carboxylic acids is 1. The number of fused-ring (bicyclic) bond motifs is 1. The van der Waals surface area contributed by atoms with Crippen molar-refractivity contribution < 1.29 is 19.4 Å². The first-order valence-corrected chi connectivity index (χ1v) is 10.3. The van der Waals surface area contributed by atoms with Crippen LogP contribution in [0.15, 0.2) is 53.9 Å². The summed E-state index contributed by atoms with van der Waals surface area (Å²) in [4.78, 5) is 30.5. The molecule has 0 aliphatic carbocycles. The highest BCUT2D eigenvalue weighted by Crippen LogP contribution is 2.40. The molecule has 148 valence electrons. The molecular weight excluding hydrogens is 388 g/mol. The Hall–Kier alpha value is -3.19. The van der Waals surface area contributed by atoms with Gasteiger partial charge in [-0.05, 0) is 31.5 Å². The molecule has 1 aliphatic heterocycles. The first-order valence-electron chi connectivity index (χ1n) is 9.37. The Morgan fingerprint density at radius 1 is 1.24 bits per heavy atom. The molecule has 1 amide bonds. The minimum Gasteiger partial charge on any atom is -0.480 e. The third-order valence-electron chi connectivity index (χ3n) is 4.94. The summed E-state index contributed by atoms with van der Waals surface area (Å²) < 4.78 is 5.82. The van der Waals surface area contributed by atoms with Crippen molar-refractivity contribution in [3.05, 3.63) is 53.9 Å². The lowest BCUT2D eigenvalue weighted by Gasteiger charge is -2.36. The second kappa shape index (κ2) is 7.67. The molecule has 1 aromatic heterocycles. The predicted octanol–water partition coefficient (Wildman–Crippen LogP) is 4.45. The lowest BCUT2D eigenvalue weighted by molar-refractivity contribution is -0.140. The van der Waals surface area contributed by atoms with Crippen LogP contribution in [0.25, 0.3) is 21.8 Å². The fraction of sp³-hybridized carbons (Fsp3) is 0.227. The number of thiazole rings is 1. The first-order chi connectivity index (χ1) is 14.0. The van der Waals surface area contributed by atoms with Gasteiger partial charge in [0.05, 0.1) is 11.4 Å². The molecule has 2 unspecified atom stereocenters. The van der Waals surface area contributed by atoms with E-state index in [-0.39, 0.29) is 5.91 Å². The van der Waals surface area contributed by atoms with Gasteiger partial charge < -0.3 is 9.84 Å². The van der Waals surface area contributed by atoms with Crippen LogP contribution in [0.4, 0.5) is 5.69 Å². The van der Waals surface area contributed by atoms with Crippen LogP contribution in [0.5, 0.6) is 5.75 Å². The number of hydrogen-bond donors (Lipinski definition) is 1. The summed E-state index contributed by atoms with van der Waals surface area (Å²) in [6, 6.07) is 14.3. The third-order valence-corrected chi connectivity index (χ3v) is 5.83. The van der Waals surface area contributed by atoms with E-state index in [1.165, 1.54) is 23.2 Å². The second-order valence-electron chi connectivity index (χ2n) is 6.82. The van der Waals surface area contributed by atoms with Gasteiger partial charge in [-0.15, -0.1) is 11.3 Å². The molecule has 7 heteroatoms. The van der Waals surface area contributed by atoms with Crippen LogP contribution in [-0.2, 0) is 9.59 Å². The number of hydrogen-bond acceptors (Lipinski definition) is 5. The van der Waals surface area contributed by atoms with E-state index in [0.29, 0.717) is 17.9 Å². The Labute approximate surface area is 172 Å². The van der Waals surface area contributed by atoms with Crippen LogP contribution in [0.2, 0.25) is 0 Å². The molecule has 0 spiro atoms. The van der Waals surface area contributed by atoms with Crippen LogP contribution in [0.1, 0.15) is 20.3 Å². The number of carbonyl (C=O) groups excluding carboxylic acids is 1. The van der Waals surface area contributed by atoms with Crippen molar-refractivity contribution in [1.29, 1.82) is 0 Å². The Morgan fingerprint density at radius 2 is 2.00 bits per heavy atom. The van der Waals surface area contributed by atoms with Crippen molar-refractivity contribution in [2.45, 2.75) is 32.4 Å². The molecule has 2 atom stereocenters. The Balaban J connectivity index is 1.75. The number of carboxylic acid groups (broad SMARTS) is 1. The van der Waals surface area contributed by atoms with E-state index in [9.17, 15) is 14.7 Å². The largest absolute Gasteiger partial charge is 0.480 e. The van der Waals surface area contributed by atoms with Gasteiger partial charge in [-0.2, -0.15) is 0 Å². The molecule has 0 radical (unpaired) electrons. The van der Waals surface area contributed by atoms with Crippen LogP contribution >= 0.6 is 11.3 Å². The van der Waals surface area contributed by atoms with E-state index in [0.717, 1.165) is 21.8 Å². The van der Waals surface area contributed by atoms with Gasteiger partial charge in [0.15, 0.2) is 6.10 Å². The molecule has 2 heterocycles. The maximum Gasteiger partial charge on any atom is 0.326 e. The van der Waals surface area contributed by atoms with E-state index < -0.39 is 18.1 Å². The number of nitrogens with zero attached hydrogens (tertiary/aromatic N) is 2. The molecular formula is C22H20N2O4S. The van der Waals surface area contributed by atoms with E-state index in [1.807, 2.05) is 48.7 Å². The standard InChI is InChI=1S/C22H20N2O4S/c1-3-18-21(25)24(13(2)22(26)27)17-11-15(9-10-19(17)28-18)16-12-29-20(23-16)14-7-5-4-6-8-14/h4-13,18H,3H2,1-2H3,(H,26,27). The number of rotatable bonds is 5. The molecule has 1 aliphatic rings. The van der Waals surface area contributed by atoms with E-state index in [4.69, 9.17) is 9.72 Å². The molecule has 4 rings (SSSR count). The number of amides is 1.